The average molecular weight is 715 g/mol. The number of benzene rings is 8. The summed E-state index contributed by atoms with van der Waals surface area (Å²) in [5, 5.41) is 15.1. The Morgan fingerprint density at radius 2 is 0.929 bits per heavy atom. The van der Waals surface area contributed by atoms with Gasteiger partial charge in [0.1, 0.15) is 0 Å². The number of nitriles is 1. The Bertz CT molecular complexity index is 3080. The van der Waals surface area contributed by atoms with Crippen LogP contribution >= 0.6 is 0 Å². The van der Waals surface area contributed by atoms with Crippen LogP contribution in [0.2, 0.25) is 0 Å². The van der Waals surface area contributed by atoms with E-state index in [1.807, 2.05) is 24.3 Å². The molecule has 4 nitrogen and oxygen atoms in total. The Kier molecular flexibility index (Phi) is 7.66. The fraction of sp³-hybridized carbons (Fsp3) is 0.0385. The molecule has 10 aromatic rings. The first-order chi connectivity index (χ1) is 27.5. The van der Waals surface area contributed by atoms with E-state index < -0.39 is 0 Å². The van der Waals surface area contributed by atoms with E-state index in [-0.39, 0.29) is 0 Å². The van der Waals surface area contributed by atoms with Crippen molar-refractivity contribution in [3.05, 3.63) is 198 Å². The van der Waals surface area contributed by atoms with Gasteiger partial charge in [0.2, 0.25) is 0 Å². The van der Waals surface area contributed by atoms with Crippen molar-refractivity contribution in [3.8, 4) is 50.8 Å². The quantitative estimate of drug-likeness (QED) is 0.164. The lowest BCUT2D eigenvalue weighted by atomic mass is 9.97. The molecule has 0 bridgehead atoms. The highest BCUT2D eigenvalue weighted by Gasteiger charge is 2.19. The lowest BCUT2D eigenvalue weighted by molar-refractivity contribution is 1.17. The first-order valence-corrected chi connectivity index (χ1v) is 18.8. The maximum Gasteiger partial charge on any atom is 0.195 e. The van der Waals surface area contributed by atoms with E-state index in [2.05, 4.69) is 179 Å². The van der Waals surface area contributed by atoms with E-state index in [0.717, 1.165) is 66.1 Å². The van der Waals surface area contributed by atoms with Gasteiger partial charge in [0.05, 0.1) is 40.3 Å². The van der Waals surface area contributed by atoms with Gasteiger partial charge in [0, 0.05) is 32.9 Å². The minimum atomic E-state index is 0.495. The topological polar surface area (TPSA) is 38.0 Å². The molecule has 0 unspecified atom stereocenters. The highest BCUT2D eigenvalue weighted by molar-refractivity contribution is 6.12. The van der Waals surface area contributed by atoms with Crippen LogP contribution in [0.4, 0.5) is 5.69 Å². The molecule has 0 amide bonds. The molecule has 0 aliphatic carbocycles. The highest BCUT2D eigenvalue weighted by atomic mass is 15.0. The molecule has 56 heavy (non-hydrogen) atoms. The molecule has 262 valence electrons. The summed E-state index contributed by atoms with van der Waals surface area (Å²) in [6, 6.07) is 61.9. The number of fused-ring (bicyclic) bond motifs is 6. The summed E-state index contributed by atoms with van der Waals surface area (Å²) in [7, 11) is 0. The number of aryl methyl sites for hydroxylation is 2. The second-order valence-corrected chi connectivity index (χ2v) is 14.6. The molecule has 0 saturated heterocycles. The van der Waals surface area contributed by atoms with Gasteiger partial charge < -0.3 is 9.13 Å². The number of hydrogen-bond acceptors (Lipinski definition) is 1. The van der Waals surface area contributed by atoms with Crippen molar-refractivity contribution < 1.29 is 0 Å². The third kappa shape index (κ3) is 5.28. The highest BCUT2D eigenvalue weighted by Crippen LogP contribution is 2.41. The second kappa shape index (κ2) is 13.0. The summed E-state index contributed by atoms with van der Waals surface area (Å²) in [6.07, 6.45) is 0. The van der Waals surface area contributed by atoms with Crippen LogP contribution in [0.25, 0.3) is 93.2 Å². The van der Waals surface area contributed by atoms with Crippen molar-refractivity contribution in [2.75, 3.05) is 0 Å². The number of hydrogen-bond donors (Lipinski definition) is 0. The van der Waals surface area contributed by atoms with Gasteiger partial charge in [0.15, 0.2) is 5.69 Å². The third-order valence-corrected chi connectivity index (χ3v) is 11.1. The number of rotatable bonds is 5. The maximum atomic E-state index is 10.5. The first kappa shape index (κ1) is 32.9. The van der Waals surface area contributed by atoms with Crippen molar-refractivity contribution in [2.45, 2.75) is 13.8 Å². The Morgan fingerprint density at radius 3 is 1.45 bits per heavy atom. The molecule has 4 heteroatoms. The molecule has 0 N–H and O–H groups in total. The molecule has 0 spiro atoms. The summed E-state index contributed by atoms with van der Waals surface area (Å²) in [4.78, 5) is 3.98. The first-order valence-electron chi connectivity index (χ1n) is 18.8. The van der Waals surface area contributed by atoms with Gasteiger partial charge in [-0.05, 0) is 114 Å². The van der Waals surface area contributed by atoms with Crippen LogP contribution in [0.15, 0.2) is 170 Å². The zero-order chi connectivity index (χ0) is 37.9. The van der Waals surface area contributed by atoms with Gasteiger partial charge in [0.25, 0.3) is 0 Å². The van der Waals surface area contributed by atoms with E-state index in [1.54, 1.807) is 0 Å². The summed E-state index contributed by atoms with van der Waals surface area (Å²) < 4.78 is 4.55. The van der Waals surface area contributed by atoms with Crippen molar-refractivity contribution in [1.29, 1.82) is 5.26 Å². The van der Waals surface area contributed by atoms with Crippen molar-refractivity contribution in [1.82, 2.24) is 9.13 Å². The van der Waals surface area contributed by atoms with Crippen LogP contribution in [-0.4, -0.2) is 9.13 Å². The normalized spacial score (nSPS) is 11.4. The molecule has 10 rings (SSSR count). The van der Waals surface area contributed by atoms with Gasteiger partial charge >= 0.3 is 0 Å². The fourth-order valence-electron chi connectivity index (χ4n) is 8.48. The molecular formula is C52H34N4. The van der Waals surface area contributed by atoms with E-state index in [0.29, 0.717) is 11.3 Å². The van der Waals surface area contributed by atoms with E-state index in [1.165, 1.54) is 33.4 Å². The second-order valence-electron chi connectivity index (χ2n) is 14.6. The van der Waals surface area contributed by atoms with E-state index in [4.69, 9.17) is 6.57 Å². The zero-order valence-corrected chi connectivity index (χ0v) is 31.0. The van der Waals surface area contributed by atoms with Crippen LogP contribution in [0, 0.1) is 31.8 Å². The average Bonchev–Trinajstić information content (AvgIpc) is 3.75. The Hall–Kier alpha value is -7.66. The molecule has 0 fully saturated rings. The standard InChI is InChI=1S/C52H34N4/c1-33-10-8-12-35(26-33)37-19-24-51-46(28-37)42-14-4-6-16-49(42)55(51)40-21-18-39(32-53)44(30-40)45-31-41(22-23-48(45)54-3)56-50-17-7-5-15-43(50)47-29-38(20-25-52(47)56)36-13-9-11-34(2)27-36/h4-31H,1-2H3. The predicted octanol–water partition coefficient (Wildman–Crippen LogP) is 13.9. The summed E-state index contributed by atoms with van der Waals surface area (Å²) in [5.41, 5.74) is 15.8. The molecule has 8 aromatic carbocycles. The smallest absolute Gasteiger partial charge is 0.195 e. The van der Waals surface area contributed by atoms with Crippen LogP contribution in [0.5, 0.6) is 0 Å². The molecule has 2 aromatic heterocycles. The monoisotopic (exact) mass is 714 g/mol. The van der Waals surface area contributed by atoms with Crippen LogP contribution in [0.1, 0.15) is 16.7 Å². The Morgan fingerprint density at radius 1 is 0.446 bits per heavy atom. The molecule has 0 atom stereocenters. The number of nitrogens with zero attached hydrogens (tertiary/aromatic N) is 4. The zero-order valence-electron chi connectivity index (χ0n) is 31.0. The Balaban J connectivity index is 1.16. The van der Waals surface area contributed by atoms with Crippen LogP contribution in [-0.2, 0) is 0 Å². The molecule has 0 radical (unpaired) electrons. The maximum absolute atomic E-state index is 10.5. The van der Waals surface area contributed by atoms with Gasteiger partial charge in [-0.3, -0.25) is 0 Å². The molecule has 0 saturated carbocycles. The van der Waals surface area contributed by atoms with Gasteiger partial charge in [-0.15, -0.1) is 0 Å². The minimum absolute atomic E-state index is 0.495. The van der Waals surface area contributed by atoms with Crippen LogP contribution < -0.4 is 0 Å². The number of aromatic nitrogens is 2. The van der Waals surface area contributed by atoms with Gasteiger partial charge in [-0.2, -0.15) is 5.26 Å². The third-order valence-electron chi connectivity index (χ3n) is 11.1. The van der Waals surface area contributed by atoms with E-state index >= 15 is 0 Å². The predicted molar refractivity (Wildman–Crippen MR) is 232 cm³/mol. The minimum Gasteiger partial charge on any atom is -0.309 e. The lowest BCUT2D eigenvalue weighted by Gasteiger charge is -2.15. The fourth-order valence-corrected chi connectivity index (χ4v) is 8.48. The molecular weight excluding hydrogens is 681 g/mol. The number of para-hydroxylation sites is 2. The van der Waals surface area contributed by atoms with Gasteiger partial charge in [-0.25, -0.2) is 4.85 Å². The van der Waals surface area contributed by atoms with Crippen molar-refractivity contribution >= 4 is 49.3 Å². The van der Waals surface area contributed by atoms with Crippen molar-refractivity contribution in [3.63, 3.8) is 0 Å². The molecule has 0 aliphatic rings. The summed E-state index contributed by atoms with van der Waals surface area (Å²) >= 11 is 0. The lowest BCUT2D eigenvalue weighted by Crippen LogP contribution is -1.98. The van der Waals surface area contributed by atoms with E-state index in [9.17, 15) is 5.26 Å². The van der Waals surface area contributed by atoms with Crippen LogP contribution in [0.3, 0.4) is 0 Å². The summed E-state index contributed by atoms with van der Waals surface area (Å²) in [6.45, 7) is 12.5. The van der Waals surface area contributed by atoms with Crippen molar-refractivity contribution in [2.24, 2.45) is 0 Å². The SMILES string of the molecule is [C-]#[N+]c1ccc(-n2c3ccccc3c3cc(-c4cccc(C)c4)ccc32)cc1-c1cc(-n2c3ccccc3c3cc(-c4cccc(C)c4)ccc32)ccc1C#N. The largest absolute Gasteiger partial charge is 0.309 e. The Labute approximate surface area is 325 Å². The summed E-state index contributed by atoms with van der Waals surface area (Å²) in [5.74, 6) is 0. The molecule has 0 aliphatic heterocycles. The molecule has 2 heterocycles. The van der Waals surface area contributed by atoms with Gasteiger partial charge in [-0.1, -0.05) is 114 Å².